The summed E-state index contributed by atoms with van der Waals surface area (Å²) in [6.07, 6.45) is 2.49. The summed E-state index contributed by atoms with van der Waals surface area (Å²) in [6.45, 7) is 5.13. The Morgan fingerprint density at radius 3 is 2.85 bits per heavy atom. The van der Waals surface area contributed by atoms with Crippen molar-refractivity contribution in [2.45, 2.75) is 25.8 Å². The van der Waals surface area contributed by atoms with Gasteiger partial charge in [0, 0.05) is 12.2 Å². The van der Waals surface area contributed by atoms with Crippen molar-refractivity contribution in [1.82, 2.24) is 10.2 Å². The first kappa shape index (κ1) is 15.0. The van der Waals surface area contributed by atoms with Gasteiger partial charge in [0.15, 0.2) is 0 Å². The summed E-state index contributed by atoms with van der Waals surface area (Å²) in [5.74, 6) is 0.711. The zero-order valence-corrected chi connectivity index (χ0v) is 12.4. The van der Waals surface area contributed by atoms with Crippen LogP contribution in [0.2, 0.25) is 0 Å². The van der Waals surface area contributed by atoms with Crippen LogP contribution in [0.25, 0.3) is 0 Å². The molecule has 4 nitrogen and oxygen atoms in total. The van der Waals surface area contributed by atoms with Crippen LogP contribution in [0.5, 0.6) is 0 Å². The van der Waals surface area contributed by atoms with Crippen molar-refractivity contribution in [1.29, 1.82) is 0 Å². The molecule has 1 aliphatic rings. The van der Waals surface area contributed by atoms with Crippen LogP contribution in [0, 0.1) is 5.92 Å². The molecule has 2 N–H and O–H groups in total. The lowest BCUT2D eigenvalue weighted by Crippen LogP contribution is -2.44. The molecular weight excluding hydrogens is 250 g/mol. The highest BCUT2D eigenvalue weighted by Crippen LogP contribution is 2.13. The second-order valence-corrected chi connectivity index (χ2v) is 5.68. The summed E-state index contributed by atoms with van der Waals surface area (Å²) >= 11 is 0. The van der Waals surface area contributed by atoms with Gasteiger partial charge in [0.1, 0.15) is 0 Å². The molecule has 0 radical (unpaired) electrons. The predicted octanol–water partition coefficient (Wildman–Crippen LogP) is 1.94. The normalized spacial score (nSPS) is 20.6. The molecule has 1 fully saturated rings. The van der Waals surface area contributed by atoms with E-state index in [1.165, 1.54) is 12.8 Å². The maximum atomic E-state index is 12.2. The van der Waals surface area contributed by atoms with Gasteiger partial charge in [-0.2, -0.15) is 0 Å². The molecule has 1 amide bonds. The van der Waals surface area contributed by atoms with Crippen LogP contribution >= 0.6 is 0 Å². The lowest BCUT2D eigenvalue weighted by Gasteiger charge is -2.30. The molecule has 1 aromatic rings. The zero-order valence-electron chi connectivity index (χ0n) is 12.4. The first-order valence-electron chi connectivity index (χ1n) is 7.43. The average molecular weight is 275 g/mol. The molecule has 1 aliphatic heterocycles. The molecule has 1 saturated heterocycles. The number of carbonyl (C=O) groups is 1. The third-order valence-corrected chi connectivity index (χ3v) is 4.03. The van der Waals surface area contributed by atoms with Crippen molar-refractivity contribution < 1.29 is 4.79 Å². The van der Waals surface area contributed by atoms with E-state index in [4.69, 9.17) is 0 Å². The lowest BCUT2D eigenvalue weighted by molar-refractivity contribution is -0.120. The summed E-state index contributed by atoms with van der Waals surface area (Å²) in [4.78, 5) is 14.4. The van der Waals surface area contributed by atoms with Gasteiger partial charge in [-0.1, -0.05) is 18.2 Å². The molecular formula is C16H25N3O. The minimum Gasteiger partial charge on any atom is -0.325 e. The Morgan fingerprint density at radius 1 is 1.45 bits per heavy atom. The molecule has 0 spiro atoms. The minimum atomic E-state index is -0.114. The van der Waals surface area contributed by atoms with Gasteiger partial charge in [-0.05, 0) is 58.0 Å². The van der Waals surface area contributed by atoms with Crippen molar-refractivity contribution in [3.63, 3.8) is 0 Å². The Kier molecular flexibility index (Phi) is 5.56. The highest BCUT2D eigenvalue weighted by molar-refractivity contribution is 5.94. The summed E-state index contributed by atoms with van der Waals surface area (Å²) < 4.78 is 0. The van der Waals surface area contributed by atoms with E-state index in [1.807, 2.05) is 44.3 Å². The second kappa shape index (κ2) is 7.41. The van der Waals surface area contributed by atoms with E-state index in [2.05, 4.69) is 15.5 Å². The van der Waals surface area contributed by atoms with E-state index in [9.17, 15) is 4.79 Å². The molecule has 110 valence electrons. The Morgan fingerprint density at radius 2 is 2.20 bits per heavy atom. The van der Waals surface area contributed by atoms with Gasteiger partial charge in [-0.25, -0.2) is 0 Å². The van der Waals surface area contributed by atoms with Gasteiger partial charge in [0.05, 0.1) is 6.04 Å². The summed E-state index contributed by atoms with van der Waals surface area (Å²) in [7, 11) is 2.03. The number of piperidine rings is 1. The third-order valence-electron chi connectivity index (χ3n) is 4.03. The van der Waals surface area contributed by atoms with Crippen LogP contribution < -0.4 is 10.6 Å². The van der Waals surface area contributed by atoms with Crippen molar-refractivity contribution in [3.05, 3.63) is 30.3 Å². The number of benzene rings is 1. The Bertz CT molecular complexity index is 415. The average Bonchev–Trinajstić information content (AvgIpc) is 2.48. The fourth-order valence-electron chi connectivity index (χ4n) is 2.61. The van der Waals surface area contributed by atoms with E-state index < -0.39 is 0 Å². The number of hydrogen-bond donors (Lipinski definition) is 2. The van der Waals surface area contributed by atoms with Crippen LogP contribution in [0.3, 0.4) is 0 Å². The number of amides is 1. The number of likely N-dealkylation sites (N-methyl/N-ethyl adjacent to an activating group) is 1. The smallest absolute Gasteiger partial charge is 0.241 e. The first-order chi connectivity index (χ1) is 9.66. The number of hydrogen-bond acceptors (Lipinski definition) is 3. The fourth-order valence-corrected chi connectivity index (χ4v) is 2.61. The Balaban J connectivity index is 1.82. The van der Waals surface area contributed by atoms with Crippen molar-refractivity contribution in [2.75, 3.05) is 32.0 Å². The van der Waals surface area contributed by atoms with Crippen molar-refractivity contribution in [2.24, 2.45) is 5.92 Å². The van der Waals surface area contributed by atoms with E-state index in [-0.39, 0.29) is 11.9 Å². The SMILES string of the molecule is CC(C(=O)Nc1ccccc1)N(C)CC1CCCNC1. The van der Waals surface area contributed by atoms with Crippen LogP contribution in [0.1, 0.15) is 19.8 Å². The van der Waals surface area contributed by atoms with E-state index >= 15 is 0 Å². The molecule has 4 heteroatoms. The maximum absolute atomic E-state index is 12.2. The van der Waals surface area contributed by atoms with E-state index in [0.717, 1.165) is 25.3 Å². The minimum absolute atomic E-state index is 0.0578. The highest BCUT2D eigenvalue weighted by atomic mass is 16.2. The van der Waals surface area contributed by atoms with Crippen LogP contribution in [-0.2, 0) is 4.79 Å². The largest absolute Gasteiger partial charge is 0.325 e. The number of anilines is 1. The molecule has 0 saturated carbocycles. The van der Waals surface area contributed by atoms with Crippen molar-refractivity contribution >= 4 is 11.6 Å². The first-order valence-corrected chi connectivity index (χ1v) is 7.43. The third kappa shape index (κ3) is 4.32. The topological polar surface area (TPSA) is 44.4 Å². The molecule has 0 aliphatic carbocycles. The van der Waals surface area contributed by atoms with Crippen LogP contribution in [0.15, 0.2) is 30.3 Å². The van der Waals surface area contributed by atoms with Crippen LogP contribution in [0.4, 0.5) is 5.69 Å². The van der Waals surface area contributed by atoms with Gasteiger partial charge in [-0.3, -0.25) is 9.69 Å². The summed E-state index contributed by atoms with van der Waals surface area (Å²) in [6, 6.07) is 9.51. The standard InChI is InChI=1S/C16H25N3O/c1-13(16(20)18-15-8-4-3-5-9-15)19(2)12-14-7-6-10-17-11-14/h3-5,8-9,13-14,17H,6-7,10-12H2,1-2H3,(H,18,20). The van der Waals surface area contributed by atoms with E-state index in [1.54, 1.807) is 0 Å². The van der Waals surface area contributed by atoms with Gasteiger partial charge in [-0.15, -0.1) is 0 Å². The molecule has 20 heavy (non-hydrogen) atoms. The highest BCUT2D eigenvalue weighted by Gasteiger charge is 2.22. The number of para-hydroxylation sites is 1. The molecule has 1 heterocycles. The fraction of sp³-hybridized carbons (Fsp3) is 0.562. The molecule has 2 rings (SSSR count). The number of carbonyl (C=O) groups excluding carboxylic acids is 1. The van der Waals surface area contributed by atoms with Crippen LogP contribution in [-0.4, -0.2) is 43.5 Å². The van der Waals surface area contributed by atoms with Gasteiger partial charge in [0.2, 0.25) is 5.91 Å². The molecule has 0 aromatic heterocycles. The second-order valence-electron chi connectivity index (χ2n) is 5.68. The molecule has 0 bridgehead atoms. The number of nitrogens with zero attached hydrogens (tertiary/aromatic N) is 1. The maximum Gasteiger partial charge on any atom is 0.241 e. The zero-order chi connectivity index (χ0) is 14.4. The lowest BCUT2D eigenvalue weighted by atomic mass is 9.98. The van der Waals surface area contributed by atoms with Crippen molar-refractivity contribution in [3.8, 4) is 0 Å². The number of nitrogens with one attached hydrogen (secondary N) is 2. The summed E-state index contributed by atoms with van der Waals surface area (Å²) in [5.41, 5.74) is 0.858. The van der Waals surface area contributed by atoms with Gasteiger partial charge in [0.25, 0.3) is 0 Å². The van der Waals surface area contributed by atoms with E-state index in [0.29, 0.717) is 5.92 Å². The summed E-state index contributed by atoms with van der Waals surface area (Å²) in [5, 5.41) is 6.38. The number of rotatable bonds is 5. The predicted molar refractivity (Wildman–Crippen MR) is 82.8 cm³/mol. The quantitative estimate of drug-likeness (QED) is 0.863. The Labute approximate surface area is 121 Å². The monoisotopic (exact) mass is 275 g/mol. The molecule has 2 unspecified atom stereocenters. The van der Waals surface area contributed by atoms with Gasteiger partial charge < -0.3 is 10.6 Å². The molecule has 1 aromatic carbocycles. The molecule has 2 atom stereocenters. The van der Waals surface area contributed by atoms with Gasteiger partial charge >= 0.3 is 0 Å². The Hall–Kier alpha value is -1.39.